The van der Waals surface area contributed by atoms with Crippen LogP contribution in [-0.4, -0.2) is 28.6 Å². The Bertz CT molecular complexity index is 455. The number of nitrogens with one attached hydrogen (secondary N) is 1. The number of pyridine rings is 1. The van der Waals surface area contributed by atoms with Gasteiger partial charge in [0.25, 0.3) is 5.91 Å². The molecule has 19 heavy (non-hydrogen) atoms. The van der Waals surface area contributed by atoms with Gasteiger partial charge in [-0.05, 0) is 25.5 Å². The zero-order valence-corrected chi connectivity index (χ0v) is 12.6. The number of nitrogens with zero attached hydrogens (tertiary/aromatic N) is 1. The predicted octanol–water partition coefficient (Wildman–Crippen LogP) is 2.53. The Kier molecular flexibility index (Phi) is 5.32. The Morgan fingerprint density at radius 2 is 2.11 bits per heavy atom. The van der Waals surface area contributed by atoms with E-state index in [9.17, 15) is 4.79 Å². The fourth-order valence-electron chi connectivity index (χ4n) is 1.59. The van der Waals surface area contributed by atoms with Crippen LogP contribution in [0.3, 0.4) is 0 Å². The van der Waals surface area contributed by atoms with Gasteiger partial charge in [0.05, 0.1) is 0 Å². The third-order valence-electron chi connectivity index (χ3n) is 2.76. The lowest BCUT2D eigenvalue weighted by atomic mass is 9.91. The molecule has 0 fully saturated rings. The summed E-state index contributed by atoms with van der Waals surface area (Å²) in [6.45, 7) is 7.94. The number of hydrogen-bond acceptors (Lipinski definition) is 3. The van der Waals surface area contributed by atoms with Crippen LogP contribution in [0.15, 0.2) is 12.1 Å². The molecule has 1 rings (SSSR count). The van der Waals surface area contributed by atoms with Crippen LogP contribution in [0.2, 0.25) is 5.15 Å². The van der Waals surface area contributed by atoms with Gasteiger partial charge in [0, 0.05) is 29.3 Å². The van der Waals surface area contributed by atoms with Gasteiger partial charge in [0.1, 0.15) is 5.15 Å². The summed E-state index contributed by atoms with van der Waals surface area (Å²) in [5.41, 5.74) is 1.10. The molecular weight excluding hydrogens is 264 g/mol. The Hall–Kier alpha value is -1.13. The van der Waals surface area contributed by atoms with E-state index < -0.39 is 0 Å². The lowest BCUT2D eigenvalue weighted by Crippen LogP contribution is -2.33. The van der Waals surface area contributed by atoms with Gasteiger partial charge in [-0.15, -0.1) is 0 Å². The minimum absolute atomic E-state index is 0.0474. The maximum Gasteiger partial charge on any atom is 0.251 e. The second-order valence-electron chi connectivity index (χ2n) is 5.70. The molecule has 0 aromatic carbocycles. The zero-order valence-electron chi connectivity index (χ0n) is 11.8. The average molecular weight is 285 g/mol. The van der Waals surface area contributed by atoms with Gasteiger partial charge >= 0.3 is 0 Å². The number of amides is 1. The van der Waals surface area contributed by atoms with Crippen molar-refractivity contribution in [3.8, 4) is 0 Å². The number of hydrogen-bond donors (Lipinski definition) is 2. The van der Waals surface area contributed by atoms with E-state index in [1.54, 1.807) is 12.1 Å². The smallest absolute Gasteiger partial charge is 0.251 e. The van der Waals surface area contributed by atoms with Crippen LogP contribution in [0.5, 0.6) is 0 Å². The molecule has 1 amide bonds. The SMILES string of the molecule is CC(CCO)NC(=O)c1cc(Cl)nc(C(C)(C)C)c1. The average Bonchev–Trinajstić information content (AvgIpc) is 2.27. The molecule has 2 N–H and O–H groups in total. The van der Waals surface area contributed by atoms with Crippen molar-refractivity contribution in [2.45, 2.75) is 45.6 Å². The van der Waals surface area contributed by atoms with Gasteiger partial charge in [-0.25, -0.2) is 4.98 Å². The maximum absolute atomic E-state index is 12.1. The molecular formula is C14H21ClN2O2. The standard InChI is InChI=1S/C14H21ClN2O2/c1-9(5-6-18)16-13(19)10-7-11(14(2,3)4)17-12(15)8-10/h7-9,18H,5-6H2,1-4H3,(H,16,19). The van der Waals surface area contributed by atoms with Crippen LogP contribution in [0, 0.1) is 0 Å². The molecule has 0 aliphatic heterocycles. The molecule has 0 saturated carbocycles. The van der Waals surface area contributed by atoms with Gasteiger partial charge < -0.3 is 10.4 Å². The van der Waals surface area contributed by atoms with Crippen LogP contribution in [0.4, 0.5) is 0 Å². The van der Waals surface area contributed by atoms with E-state index in [0.29, 0.717) is 17.1 Å². The Balaban J connectivity index is 2.95. The summed E-state index contributed by atoms with van der Waals surface area (Å²) in [7, 11) is 0. The van der Waals surface area contributed by atoms with Crippen LogP contribution in [0.25, 0.3) is 0 Å². The monoisotopic (exact) mass is 284 g/mol. The summed E-state index contributed by atoms with van der Waals surface area (Å²) in [5, 5.41) is 12.0. The molecule has 1 aromatic rings. The van der Waals surface area contributed by atoms with Crippen molar-refractivity contribution in [1.29, 1.82) is 0 Å². The van der Waals surface area contributed by atoms with Gasteiger partial charge in [0.2, 0.25) is 0 Å². The summed E-state index contributed by atoms with van der Waals surface area (Å²) < 4.78 is 0. The molecule has 0 spiro atoms. The molecule has 1 unspecified atom stereocenters. The fourth-order valence-corrected chi connectivity index (χ4v) is 1.79. The van der Waals surface area contributed by atoms with E-state index in [1.807, 2.05) is 27.7 Å². The van der Waals surface area contributed by atoms with E-state index in [1.165, 1.54) is 0 Å². The summed E-state index contributed by atoms with van der Waals surface area (Å²) >= 11 is 5.97. The van der Waals surface area contributed by atoms with Gasteiger partial charge in [-0.3, -0.25) is 4.79 Å². The van der Waals surface area contributed by atoms with Crippen molar-refractivity contribution in [3.05, 3.63) is 28.5 Å². The highest BCUT2D eigenvalue weighted by Gasteiger charge is 2.19. The highest BCUT2D eigenvalue weighted by molar-refractivity contribution is 6.29. The first-order valence-corrected chi connectivity index (χ1v) is 6.71. The van der Waals surface area contributed by atoms with Crippen molar-refractivity contribution >= 4 is 17.5 Å². The summed E-state index contributed by atoms with van der Waals surface area (Å²) in [4.78, 5) is 16.3. The molecule has 4 nitrogen and oxygen atoms in total. The molecule has 0 saturated heterocycles. The van der Waals surface area contributed by atoms with Crippen molar-refractivity contribution in [2.75, 3.05) is 6.61 Å². The number of aromatic nitrogens is 1. The molecule has 1 atom stereocenters. The Morgan fingerprint density at radius 1 is 1.47 bits per heavy atom. The lowest BCUT2D eigenvalue weighted by Gasteiger charge is -2.19. The van der Waals surface area contributed by atoms with Crippen LogP contribution >= 0.6 is 11.6 Å². The van der Waals surface area contributed by atoms with E-state index in [4.69, 9.17) is 16.7 Å². The molecule has 0 aliphatic rings. The van der Waals surface area contributed by atoms with Gasteiger partial charge in [-0.1, -0.05) is 32.4 Å². The van der Waals surface area contributed by atoms with E-state index in [-0.39, 0.29) is 24.0 Å². The third-order valence-corrected chi connectivity index (χ3v) is 2.96. The van der Waals surface area contributed by atoms with Gasteiger partial charge in [-0.2, -0.15) is 0 Å². The number of halogens is 1. The third kappa shape index (κ3) is 4.80. The van der Waals surface area contributed by atoms with Crippen molar-refractivity contribution in [3.63, 3.8) is 0 Å². The first-order valence-electron chi connectivity index (χ1n) is 6.34. The quantitative estimate of drug-likeness (QED) is 0.835. The minimum Gasteiger partial charge on any atom is -0.396 e. The number of rotatable bonds is 4. The molecule has 0 bridgehead atoms. The normalized spacial score (nSPS) is 13.2. The molecule has 1 aromatic heterocycles. The number of carbonyl (C=O) groups is 1. The molecule has 1 heterocycles. The topological polar surface area (TPSA) is 62.2 Å². The highest BCUT2D eigenvalue weighted by atomic mass is 35.5. The van der Waals surface area contributed by atoms with Crippen LogP contribution in [0.1, 0.15) is 50.2 Å². The first-order chi connectivity index (χ1) is 8.74. The highest BCUT2D eigenvalue weighted by Crippen LogP contribution is 2.23. The zero-order chi connectivity index (χ0) is 14.6. The number of aliphatic hydroxyl groups excluding tert-OH is 1. The van der Waals surface area contributed by atoms with E-state index >= 15 is 0 Å². The summed E-state index contributed by atoms with van der Waals surface area (Å²) in [5.74, 6) is -0.198. The molecule has 0 radical (unpaired) electrons. The van der Waals surface area contributed by atoms with Crippen LogP contribution < -0.4 is 5.32 Å². The van der Waals surface area contributed by atoms with Crippen LogP contribution in [-0.2, 0) is 5.41 Å². The Labute approximate surface area is 119 Å². The largest absolute Gasteiger partial charge is 0.396 e. The first kappa shape index (κ1) is 15.9. The molecule has 5 heteroatoms. The molecule has 106 valence electrons. The van der Waals surface area contributed by atoms with Crippen molar-refractivity contribution < 1.29 is 9.90 Å². The summed E-state index contributed by atoms with van der Waals surface area (Å²) in [6, 6.07) is 3.23. The number of aliphatic hydroxyl groups is 1. The van der Waals surface area contributed by atoms with Gasteiger partial charge in [0.15, 0.2) is 0 Å². The minimum atomic E-state index is -0.198. The second-order valence-corrected chi connectivity index (χ2v) is 6.09. The van der Waals surface area contributed by atoms with Crippen molar-refractivity contribution in [1.82, 2.24) is 10.3 Å². The number of carbonyl (C=O) groups excluding carboxylic acids is 1. The van der Waals surface area contributed by atoms with E-state index in [0.717, 1.165) is 5.69 Å². The van der Waals surface area contributed by atoms with Crippen molar-refractivity contribution in [2.24, 2.45) is 0 Å². The predicted molar refractivity (Wildman–Crippen MR) is 76.6 cm³/mol. The fraction of sp³-hybridized carbons (Fsp3) is 0.571. The van der Waals surface area contributed by atoms with E-state index in [2.05, 4.69) is 10.3 Å². The Morgan fingerprint density at radius 3 is 2.63 bits per heavy atom. The summed E-state index contributed by atoms with van der Waals surface area (Å²) in [6.07, 6.45) is 0.524. The molecule has 0 aliphatic carbocycles. The second kappa shape index (κ2) is 6.35. The lowest BCUT2D eigenvalue weighted by molar-refractivity contribution is 0.0934. The maximum atomic E-state index is 12.1.